The summed E-state index contributed by atoms with van der Waals surface area (Å²) in [4.78, 5) is 21.2. The summed E-state index contributed by atoms with van der Waals surface area (Å²) in [5.41, 5.74) is 1.32. The van der Waals surface area contributed by atoms with Crippen molar-refractivity contribution in [2.45, 2.75) is 45.6 Å². The molecule has 1 amide bonds. The first kappa shape index (κ1) is 19.9. The summed E-state index contributed by atoms with van der Waals surface area (Å²) in [6, 6.07) is 14.9. The monoisotopic (exact) mass is 407 g/mol. The van der Waals surface area contributed by atoms with Crippen LogP contribution in [0.2, 0.25) is 0 Å². The summed E-state index contributed by atoms with van der Waals surface area (Å²) < 4.78 is 1.27. The molecule has 5 heteroatoms. The number of amides is 1. The Bertz CT molecular complexity index is 969. The van der Waals surface area contributed by atoms with Crippen LogP contribution in [0.3, 0.4) is 0 Å². The van der Waals surface area contributed by atoms with Crippen LogP contribution < -0.4 is 10.2 Å². The van der Waals surface area contributed by atoms with E-state index in [1.807, 2.05) is 12.3 Å². The molecule has 1 aliphatic heterocycles. The lowest BCUT2D eigenvalue weighted by Crippen LogP contribution is -2.45. The molecule has 4 nitrogen and oxygen atoms in total. The molecule has 4 rings (SSSR count). The van der Waals surface area contributed by atoms with Crippen molar-refractivity contribution < 1.29 is 4.79 Å². The van der Waals surface area contributed by atoms with Crippen LogP contribution in [-0.4, -0.2) is 30.0 Å². The maximum absolute atomic E-state index is 12.9. The first-order valence-electron chi connectivity index (χ1n) is 10.5. The van der Waals surface area contributed by atoms with Gasteiger partial charge in [0.25, 0.3) is 0 Å². The lowest BCUT2D eigenvalue weighted by molar-refractivity contribution is -0.125. The number of nitrogens with zero attached hydrogens (tertiary/aromatic N) is 2. The number of anilines is 1. The van der Waals surface area contributed by atoms with E-state index in [0.29, 0.717) is 0 Å². The lowest BCUT2D eigenvalue weighted by Gasteiger charge is -2.33. The Morgan fingerprint density at radius 1 is 1.31 bits per heavy atom. The van der Waals surface area contributed by atoms with Crippen molar-refractivity contribution in [3.63, 3.8) is 0 Å². The summed E-state index contributed by atoms with van der Waals surface area (Å²) in [5, 5.41) is 4.46. The van der Waals surface area contributed by atoms with Crippen LogP contribution >= 0.6 is 11.3 Å². The number of carbonyl (C=O) groups is 1. The van der Waals surface area contributed by atoms with Gasteiger partial charge in [-0.25, -0.2) is 4.98 Å². The Morgan fingerprint density at radius 3 is 2.97 bits per heavy atom. The third-order valence-electron chi connectivity index (χ3n) is 5.74. The SMILES string of the molecule is Cc1cc2c(N3CCC[C@@H](C(=O)N[C@@H](C)CCc4ccccc4)C3)nccc2s1. The van der Waals surface area contributed by atoms with Gasteiger partial charge in [-0.05, 0) is 57.2 Å². The molecule has 0 aliphatic carbocycles. The highest BCUT2D eigenvalue weighted by Crippen LogP contribution is 2.33. The van der Waals surface area contributed by atoms with Crippen molar-refractivity contribution >= 4 is 33.1 Å². The first-order chi connectivity index (χ1) is 14.1. The van der Waals surface area contributed by atoms with Crippen LogP contribution in [0.5, 0.6) is 0 Å². The summed E-state index contributed by atoms with van der Waals surface area (Å²) in [6.45, 7) is 5.96. The summed E-state index contributed by atoms with van der Waals surface area (Å²) >= 11 is 1.80. The number of nitrogens with one attached hydrogen (secondary N) is 1. The molecular formula is C24H29N3OS. The number of rotatable bonds is 6. The van der Waals surface area contributed by atoms with Crippen molar-refractivity contribution in [2.75, 3.05) is 18.0 Å². The van der Waals surface area contributed by atoms with E-state index in [9.17, 15) is 4.79 Å². The Kier molecular flexibility index (Phi) is 6.14. The molecule has 0 spiro atoms. The normalized spacial score (nSPS) is 18.0. The van der Waals surface area contributed by atoms with Crippen LogP contribution in [0.1, 0.15) is 36.6 Å². The van der Waals surface area contributed by atoms with Crippen molar-refractivity contribution in [2.24, 2.45) is 5.92 Å². The van der Waals surface area contributed by atoms with E-state index in [4.69, 9.17) is 0 Å². The Labute approximate surface area is 177 Å². The number of carbonyl (C=O) groups excluding carboxylic acids is 1. The van der Waals surface area contributed by atoms with Gasteiger partial charge in [0.15, 0.2) is 0 Å². The van der Waals surface area contributed by atoms with Crippen molar-refractivity contribution in [3.05, 3.63) is 59.1 Å². The minimum atomic E-state index is 0.0275. The predicted octanol–water partition coefficient (Wildman–Crippen LogP) is 4.96. The largest absolute Gasteiger partial charge is 0.355 e. The van der Waals surface area contributed by atoms with Gasteiger partial charge >= 0.3 is 0 Å². The molecule has 152 valence electrons. The molecule has 0 radical (unpaired) electrons. The number of thiophene rings is 1. The van der Waals surface area contributed by atoms with Gasteiger partial charge in [0, 0.05) is 40.3 Å². The van der Waals surface area contributed by atoms with Gasteiger partial charge in [0.1, 0.15) is 5.82 Å². The molecule has 1 aromatic carbocycles. The third-order valence-corrected chi connectivity index (χ3v) is 6.75. The average Bonchev–Trinajstić information content (AvgIpc) is 3.13. The Hall–Kier alpha value is -2.40. The maximum atomic E-state index is 12.9. The lowest BCUT2D eigenvalue weighted by atomic mass is 9.96. The van der Waals surface area contributed by atoms with Crippen LogP contribution in [0.15, 0.2) is 48.7 Å². The zero-order valence-corrected chi connectivity index (χ0v) is 18.0. The van der Waals surface area contributed by atoms with Gasteiger partial charge in [-0.3, -0.25) is 4.79 Å². The predicted molar refractivity (Wildman–Crippen MR) is 122 cm³/mol. The van der Waals surface area contributed by atoms with Gasteiger partial charge in [0.2, 0.25) is 5.91 Å². The van der Waals surface area contributed by atoms with E-state index in [2.05, 4.69) is 65.4 Å². The van der Waals surface area contributed by atoms with Crippen LogP contribution in [0, 0.1) is 12.8 Å². The summed E-state index contributed by atoms with van der Waals surface area (Å²) in [6.07, 6.45) is 5.82. The van der Waals surface area contributed by atoms with Crippen LogP contribution in [-0.2, 0) is 11.2 Å². The molecule has 1 aliphatic rings. The van der Waals surface area contributed by atoms with E-state index in [0.717, 1.165) is 44.6 Å². The number of aromatic nitrogens is 1. The first-order valence-corrected chi connectivity index (χ1v) is 11.4. The zero-order valence-electron chi connectivity index (χ0n) is 17.2. The minimum absolute atomic E-state index is 0.0275. The second-order valence-electron chi connectivity index (χ2n) is 8.12. The van der Waals surface area contributed by atoms with Crippen LogP contribution in [0.25, 0.3) is 10.1 Å². The molecule has 0 saturated carbocycles. The van der Waals surface area contributed by atoms with E-state index >= 15 is 0 Å². The van der Waals surface area contributed by atoms with Gasteiger partial charge in [-0.15, -0.1) is 11.3 Å². The number of benzene rings is 1. The molecule has 1 saturated heterocycles. The zero-order chi connectivity index (χ0) is 20.2. The molecule has 2 aromatic heterocycles. The number of fused-ring (bicyclic) bond motifs is 1. The van der Waals surface area contributed by atoms with E-state index < -0.39 is 0 Å². The quantitative estimate of drug-likeness (QED) is 0.628. The van der Waals surface area contributed by atoms with Crippen molar-refractivity contribution in [3.8, 4) is 0 Å². The number of piperidine rings is 1. The smallest absolute Gasteiger partial charge is 0.225 e. The molecule has 3 aromatic rings. The van der Waals surface area contributed by atoms with Crippen molar-refractivity contribution in [1.82, 2.24) is 10.3 Å². The van der Waals surface area contributed by atoms with Gasteiger partial charge in [-0.1, -0.05) is 30.3 Å². The third kappa shape index (κ3) is 4.78. The molecule has 3 heterocycles. The molecule has 29 heavy (non-hydrogen) atoms. The van der Waals surface area contributed by atoms with E-state index in [1.54, 1.807) is 11.3 Å². The average molecular weight is 408 g/mol. The fourth-order valence-corrected chi connectivity index (χ4v) is 5.08. The molecule has 1 fully saturated rings. The maximum Gasteiger partial charge on any atom is 0.225 e. The molecule has 2 atom stereocenters. The highest BCUT2D eigenvalue weighted by Gasteiger charge is 2.28. The van der Waals surface area contributed by atoms with Gasteiger partial charge in [0.05, 0.1) is 5.92 Å². The summed E-state index contributed by atoms with van der Waals surface area (Å²) in [7, 11) is 0. The second kappa shape index (κ2) is 8.95. The Morgan fingerprint density at radius 2 is 2.14 bits per heavy atom. The van der Waals surface area contributed by atoms with Gasteiger partial charge < -0.3 is 10.2 Å². The molecule has 1 N–H and O–H groups in total. The highest BCUT2D eigenvalue weighted by atomic mass is 32.1. The molecule has 0 unspecified atom stereocenters. The number of pyridine rings is 1. The standard InChI is InChI=1S/C24H29N3OS/c1-17(10-11-19-7-4-3-5-8-19)26-24(28)20-9-6-14-27(16-20)23-21-15-18(2)29-22(21)12-13-25-23/h3-5,7-8,12-13,15,17,20H,6,9-11,14,16H2,1-2H3,(H,26,28)/t17-,20+/m0/s1. The van der Waals surface area contributed by atoms with E-state index in [-0.39, 0.29) is 17.9 Å². The number of hydrogen-bond acceptors (Lipinski definition) is 4. The summed E-state index contributed by atoms with van der Waals surface area (Å²) in [5.74, 6) is 1.24. The fraction of sp³-hybridized carbons (Fsp3) is 0.417. The number of aryl methyl sites for hydroxylation is 2. The minimum Gasteiger partial charge on any atom is -0.355 e. The Balaban J connectivity index is 1.37. The van der Waals surface area contributed by atoms with Crippen molar-refractivity contribution in [1.29, 1.82) is 0 Å². The highest BCUT2D eigenvalue weighted by molar-refractivity contribution is 7.19. The topological polar surface area (TPSA) is 45.2 Å². The van der Waals surface area contributed by atoms with Crippen LogP contribution in [0.4, 0.5) is 5.82 Å². The van der Waals surface area contributed by atoms with Gasteiger partial charge in [-0.2, -0.15) is 0 Å². The van der Waals surface area contributed by atoms with E-state index in [1.165, 1.54) is 20.5 Å². The molecular weight excluding hydrogens is 378 g/mol. The molecule has 0 bridgehead atoms. The fourth-order valence-electron chi connectivity index (χ4n) is 4.17. The second-order valence-corrected chi connectivity index (χ2v) is 9.41. The number of hydrogen-bond donors (Lipinski definition) is 1.